The number of aliphatic hydroxyl groups is 1. The van der Waals surface area contributed by atoms with Gasteiger partial charge in [0.15, 0.2) is 0 Å². The average molecular weight is 147 g/mol. The molecule has 4 heteroatoms. The van der Waals surface area contributed by atoms with Gasteiger partial charge in [-0.3, -0.25) is 0 Å². The SMILES string of the molecule is CC1CN(O)CC(CO)O1. The molecule has 60 valence electrons. The first-order valence-electron chi connectivity index (χ1n) is 3.42. The summed E-state index contributed by atoms with van der Waals surface area (Å²) in [5, 5.41) is 18.9. The van der Waals surface area contributed by atoms with Crippen LogP contribution in [0.5, 0.6) is 0 Å². The van der Waals surface area contributed by atoms with Gasteiger partial charge in [0.25, 0.3) is 0 Å². The summed E-state index contributed by atoms with van der Waals surface area (Å²) in [7, 11) is 0. The zero-order valence-corrected chi connectivity index (χ0v) is 6.03. The molecule has 2 atom stereocenters. The van der Waals surface area contributed by atoms with Gasteiger partial charge in [-0.25, -0.2) is 0 Å². The van der Waals surface area contributed by atoms with Crippen molar-refractivity contribution in [1.29, 1.82) is 0 Å². The highest BCUT2D eigenvalue weighted by Gasteiger charge is 2.22. The molecular weight excluding hydrogens is 134 g/mol. The maximum Gasteiger partial charge on any atom is 0.0959 e. The maximum absolute atomic E-state index is 9.02. The average Bonchev–Trinajstić information content (AvgIpc) is 1.85. The van der Waals surface area contributed by atoms with Crippen LogP contribution in [0.15, 0.2) is 0 Å². The molecule has 0 saturated carbocycles. The van der Waals surface area contributed by atoms with Gasteiger partial charge in [0, 0.05) is 6.54 Å². The first-order chi connectivity index (χ1) is 4.72. The van der Waals surface area contributed by atoms with Crippen LogP contribution < -0.4 is 0 Å². The fourth-order valence-electron chi connectivity index (χ4n) is 1.12. The van der Waals surface area contributed by atoms with Crippen molar-refractivity contribution in [2.45, 2.75) is 19.1 Å². The highest BCUT2D eigenvalue weighted by Crippen LogP contribution is 2.07. The van der Waals surface area contributed by atoms with Crippen molar-refractivity contribution in [3.63, 3.8) is 0 Å². The number of morpholine rings is 1. The van der Waals surface area contributed by atoms with E-state index in [1.54, 1.807) is 0 Å². The Labute approximate surface area is 60.0 Å². The van der Waals surface area contributed by atoms with E-state index in [2.05, 4.69) is 0 Å². The van der Waals surface area contributed by atoms with Crippen LogP contribution in [0.1, 0.15) is 6.92 Å². The molecule has 10 heavy (non-hydrogen) atoms. The molecule has 0 aromatic carbocycles. The van der Waals surface area contributed by atoms with Crippen molar-refractivity contribution < 1.29 is 15.1 Å². The quantitative estimate of drug-likeness (QED) is 0.523. The fraction of sp³-hybridized carbons (Fsp3) is 1.00. The van der Waals surface area contributed by atoms with Crippen LogP contribution in [0, 0.1) is 0 Å². The third-order valence-electron chi connectivity index (χ3n) is 1.51. The number of hydrogen-bond acceptors (Lipinski definition) is 4. The van der Waals surface area contributed by atoms with E-state index in [4.69, 9.17) is 15.1 Å². The third kappa shape index (κ3) is 1.91. The lowest BCUT2D eigenvalue weighted by molar-refractivity contribution is -0.199. The molecule has 1 aliphatic rings. The van der Waals surface area contributed by atoms with Crippen molar-refractivity contribution in [2.75, 3.05) is 19.7 Å². The Bertz CT molecular complexity index is 99.2. The van der Waals surface area contributed by atoms with Crippen LogP contribution in [-0.2, 0) is 4.74 Å². The number of rotatable bonds is 1. The van der Waals surface area contributed by atoms with Gasteiger partial charge in [0.2, 0.25) is 0 Å². The molecule has 1 heterocycles. The topological polar surface area (TPSA) is 52.9 Å². The molecule has 0 spiro atoms. The lowest BCUT2D eigenvalue weighted by Gasteiger charge is -2.31. The number of aliphatic hydroxyl groups excluding tert-OH is 1. The fourth-order valence-corrected chi connectivity index (χ4v) is 1.12. The molecular formula is C6H13NO3. The van der Waals surface area contributed by atoms with Gasteiger partial charge in [-0.15, -0.1) is 0 Å². The zero-order valence-electron chi connectivity index (χ0n) is 6.03. The normalized spacial score (nSPS) is 36.3. The second-order valence-electron chi connectivity index (χ2n) is 2.62. The highest BCUT2D eigenvalue weighted by molar-refractivity contribution is 4.69. The summed E-state index contributed by atoms with van der Waals surface area (Å²) in [6, 6.07) is 0. The summed E-state index contributed by atoms with van der Waals surface area (Å²) in [6.07, 6.45) is -0.218. The van der Waals surface area contributed by atoms with Crippen LogP contribution in [0.3, 0.4) is 0 Å². The Morgan fingerprint density at radius 2 is 2.30 bits per heavy atom. The van der Waals surface area contributed by atoms with E-state index in [0.717, 1.165) is 0 Å². The Morgan fingerprint density at radius 3 is 2.80 bits per heavy atom. The minimum Gasteiger partial charge on any atom is -0.394 e. The standard InChI is InChI=1S/C6H13NO3/c1-5-2-7(9)3-6(4-8)10-5/h5-6,8-9H,2-4H2,1H3. The molecule has 1 fully saturated rings. The highest BCUT2D eigenvalue weighted by atomic mass is 16.5. The van der Waals surface area contributed by atoms with Crippen LogP contribution in [0.2, 0.25) is 0 Å². The minimum atomic E-state index is -0.228. The molecule has 0 radical (unpaired) electrons. The molecule has 0 amide bonds. The third-order valence-corrected chi connectivity index (χ3v) is 1.51. The molecule has 0 bridgehead atoms. The van der Waals surface area contributed by atoms with Crippen molar-refractivity contribution in [2.24, 2.45) is 0 Å². The van der Waals surface area contributed by atoms with Crippen molar-refractivity contribution >= 4 is 0 Å². The predicted molar refractivity (Wildman–Crippen MR) is 34.8 cm³/mol. The largest absolute Gasteiger partial charge is 0.394 e. The first-order valence-corrected chi connectivity index (χ1v) is 3.42. The lowest BCUT2D eigenvalue weighted by atomic mass is 10.2. The van der Waals surface area contributed by atoms with Gasteiger partial charge >= 0.3 is 0 Å². The Hall–Kier alpha value is -0.160. The smallest absolute Gasteiger partial charge is 0.0959 e. The molecule has 2 unspecified atom stereocenters. The van der Waals surface area contributed by atoms with Gasteiger partial charge in [-0.1, -0.05) is 0 Å². The van der Waals surface area contributed by atoms with Crippen LogP contribution in [0.25, 0.3) is 0 Å². The van der Waals surface area contributed by atoms with Crippen LogP contribution >= 0.6 is 0 Å². The first kappa shape index (κ1) is 7.94. The van der Waals surface area contributed by atoms with Gasteiger partial charge in [-0.05, 0) is 6.92 Å². The minimum absolute atomic E-state index is 0.0101. The zero-order chi connectivity index (χ0) is 7.56. The van der Waals surface area contributed by atoms with E-state index < -0.39 is 0 Å². The molecule has 0 aromatic rings. The van der Waals surface area contributed by atoms with E-state index in [1.165, 1.54) is 5.06 Å². The second kappa shape index (κ2) is 3.30. The lowest BCUT2D eigenvalue weighted by Crippen LogP contribution is -2.46. The molecule has 1 aliphatic heterocycles. The summed E-state index contributed by atoms with van der Waals surface area (Å²) >= 11 is 0. The number of nitrogens with zero attached hydrogens (tertiary/aromatic N) is 1. The second-order valence-corrected chi connectivity index (χ2v) is 2.62. The van der Waals surface area contributed by atoms with Crippen LogP contribution in [-0.4, -0.2) is 47.3 Å². The predicted octanol–water partition coefficient (Wildman–Crippen LogP) is -0.543. The maximum atomic E-state index is 9.02. The van der Waals surface area contributed by atoms with Crippen LogP contribution in [0.4, 0.5) is 0 Å². The number of ether oxygens (including phenoxy) is 1. The number of hydroxylamine groups is 2. The van der Waals surface area contributed by atoms with E-state index in [1.807, 2.05) is 6.92 Å². The summed E-state index contributed by atoms with van der Waals surface area (Å²) in [5.74, 6) is 0. The summed E-state index contributed by atoms with van der Waals surface area (Å²) in [6.45, 7) is 2.77. The molecule has 1 rings (SSSR count). The molecule has 1 saturated heterocycles. The molecule has 0 aromatic heterocycles. The van der Waals surface area contributed by atoms with Gasteiger partial charge in [-0.2, -0.15) is 5.06 Å². The summed E-state index contributed by atoms with van der Waals surface area (Å²) in [4.78, 5) is 0. The van der Waals surface area contributed by atoms with Crippen molar-refractivity contribution in [3.8, 4) is 0 Å². The van der Waals surface area contributed by atoms with E-state index >= 15 is 0 Å². The number of hydrogen-bond donors (Lipinski definition) is 2. The Balaban J connectivity index is 2.35. The van der Waals surface area contributed by atoms with Crippen molar-refractivity contribution in [1.82, 2.24) is 5.06 Å². The molecule has 0 aliphatic carbocycles. The monoisotopic (exact) mass is 147 g/mol. The summed E-state index contributed by atoms with van der Waals surface area (Å²) < 4.78 is 5.25. The summed E-state index contributed by atoms with van der Waals surface area (Å²) in [5.41, 5.74) is 0. The molecule has 2 N–H and O–H groups in total. The van der Waals surface area contributed by atoms with E-state index in [-0.39, 0.29) is 18.8 Å². The van der Waals surface area contributed by atoms with E-state index in [0.29, 0.717) is 13.1 Å². The van der Waals surface area contributed by atoms with Gasteiger partial charge in [0.05, 0.1) is 25.4 Å². The van der Waals surface area contributed by atoms with Crippen molar-refractivity contribution in [3.05, 3.63) is 0 Å². The van der Waals surface area contributed by atoms with Gasteiger partial charge in [0.1, 0.15) is 0 Å². The van der Waals surface area contributed by atoms with E-state index in [9.17, 15) is 0 Å². The Morgan fingerprint density at radius 1 is 1.60 bits per heavy atom. The Kier molecular flexibility index (Phi) is 2.62. The van der Waals surface area contributed by atoms with Gasteiger partial charge < -0.3 is 15.1 Å². The molecule has 4 nitrogen and oxygen atoms in total.